The summed E-state index contributed by atoms with van der Waals surface area (Å²) in [5, 5.41) is 0. The second kappa shape index (κ2) is 9.23. The molecule has 0 bridgehead atoms. The fourth-order valence-corrected chi connectivity index (χ4v) is 6.24. The summed E-state index contributed by atoms with van der Waals surface area (Å²) >= 11 is 0. The Morgan fingerprint density at radius 2 is 1.86 bits per heavy atom. The number of nitrogens with one attached hydrogen (secondary N) is 1. The Balaban J connectivity index is 2.13. The Morgan fingerprint density at radius 3 is 2.41 bits per heavy atom. The Hall–Kier alpha value is -1.98. The summed E-state index contributed by atoms with van der Waals surface area (Å²) in [4.78, 5) is 27.6. The Labute approximate surface area is 172 Å². The van der Waals surface area contributed by atoms with Crippen molar-refractivity contribution in [1.29, 1.82) is 0 Å². The van der Waals surface area contributed by atoms with E-state index < -0.39 is 31.8 Å². The van der Waals surface area contributed by atoms with E-state index in [1.807, 2.05) is 13.8 Å². The van der Waals surface area contributed by atoms with E-state index in [-0.39, 0.29) is 40.8 Å². The number of rotatable bonds is 8. The van der Waals surface area contributed by atoms with Crippen LogP contribution in [-0.4, -0.2) is 82.7 Å². The third kappa shape index (κ3) is 6.00. The summed E-state index contributed by atoms with van der Waals surface area (Å²) in [6, 6.07) is 4.79. The van der Waals surface area contributed by atoms with Crippen molar-refractivity contribution in [1.82, 2.24) is 14.5 Å². The van der Waals surface area contributed by atoms with E-state index in [4.69, 9.17) is 0 Å². The fraction of sp³-hybridized carbons (Fsp3) is 0.556. The summed E-state index contributed by atoms with van der Waals surface area (Å²) < 4.78 is 50.7. The fourth-order valence-electron chi connectivity index (χ4n) is 3.14. The van der Waals surface area contributed by atoms with E-state index in [1.165, 1.54) is 36.2 Å². The van der Waals surface area contributed by atoms with Gasteiger partial charge in [-0.1, -0.05) is 6.07 Å². The number of nitrogens with zero attached hydrogens (tertiary/aromatic N) is 2. The molecule has 1 fully saturated rings. The number of sulfonamides is 1. The topological polar surface area (TPSA) is 121 Å². The number of likely N-dealkylation sites (N-methyl/N-ethyl adjacent to an activating group) is 2. The molecule has 9 nitrogen and oxygen atoms in total. The molecule has 2 amide bonds. The van der Waals surface area contributed by atoms with Crippen molar-refractivity contribution in [3.8, 4) is 0 Å². The first-order chi connectivity index (χ1) is 13.5. The van der Waals surface area contributed by atoms with Crippen LogP contribution in [0.5, 0.6) is 0 Å². The molecule has 0 radical (unpaired) electrons. The average molecular weight is 446 g/mol. The molecule has 1 saturated heterocycles. The van der Waals surface area contributed by atoms with Gasteiger partial charge in [0.1, 0.15) is 0 Å². The number of carbonyl (C=O) groups excluding carboxylic acids is 2. The van der Waals surface area contributed by atoms with E-state index >= 15 is 0 Å². The van der Waals surface area contributed by atoms with Crippen LogP contribution < -0.4 is 4.72 Å². The van der Waals surface area contributed by atoms with Crippen molar-refractivity contribution in [2.75, 3.05) is 38.2 Å². The maximum absolute atomic E-state index is 12.6. The minimum absolute atomic E-state index is 0.0515. The summed E-state index contributed by atoms with van der Waals surface area (Å²) in [5.74, 6) is -0.963. The van der Waals surface area contributed by atoms with Gasteiger partial charge in [0, 0.05) is 31.7 Å². The van der Waals surface area contributed by atoms with Gasteiger partial charge in [0.05, 0.1) is 22.9 Å². The molecule has 0 spiro atoms. The first-order valence-electron chi connectivity index (χ1n) is 9.35. The number of sulfone groups is 1. The third-order valence-corrected chi connectivity index (χ3v) is 8.07. The van der Waals surface area contributed by atoms with Crippen LogP contribution in [0.15, 0.2) is 29.2 Å². The molecule has 1 aliphatic heterocycles. The number of amides is 2. The smallest absolute Gasteiger partial charge is 0.254 e. The van der Waals surface area contributed by atoms with Gasteiger partial charge in [-0.25, -0.2) is 21.6 Å². The van der Waals surface area contributed by atoms with E-state index in [0.29, 0.717) is 13.1 Å². The van der Waals surface area contributed by atoms with Gasteiger partial charge in [0.15, 0.2) is 9.84 Å². The van der Waals surface area contributed by atoms with E-state index in [9.17, 15) is 26.4 Å². The molecule has 162 valence electrons. The van der Waals surface area contributed by atoms with Crippen LogP contribution in [0.25, 0.3) is 0 Å². The first kappa shape index (κ1) is 23.3. The molecule has 0 saturated carbocycles. The maximum Gasteiger partial charge on any atom is 0.254 e. The molecule has 0 aromatic heterocycles. The number of hydrogen-bond donors (Lipinski definition) is 1. The van der Waals surface area contributed by atoms with Crippen molar-refractivity contribution in [2.45, 2.75) is 31.2 Å². The molecule has 1 N–H and O–H groups in total. The molecule has 1 aromatic rings. The highest BCUT2D eigenvalue weighted by Gasteiger charge is 2.31. The predicted molar refractivity (Wildman–Crippen MR) is 109 cm³/mol. The monoisotopic (exact) mass is 445 g/mol. The van der Waals surface area contributed by atoms with Crippen molar-refractivity contribution >= 4 is 31.7 Å². The third-order valence-electron chi connectivity index (χ3n) is 4.78. The van der Waals surface area contributed by atoms with Crippen LogP contribution in [0.4, 0.5) is 0 Å². The molecule has 1 aromatic carbocycles. The van der Waals surface area contributed by atoms with Crippen molar-refractivity contribution in [3.05, 3.63) is 29.8 Å². The summed E-state index contributed by atoms with van der Waals surface area (Å²) in [6.45, 7) is 4.65. The SMILES string of the molecule is CCN(CC)C(=O)CN(C)C(=O)c1cccc(S(=O)(=O)NC2CCS(=O)(=O)C2)c1. The minimum atomic E-state index is -3.98. The van der Waals surface area contributed by atoms with Gasteiger partial charge in [-0.05, 0) is 38.5 Å². The normalized spacial score (nSPS) is 18.4. The van der Waals surface area contributed by atoms with Gasteiger partial charge < -0.3 is 9.80 Å². The highest BCUT2D eigenvalue weighted by atomic mass is 32.2. The molecule has 2 rings (SSSR count). The van der Waals surface area contributed by atoms with Gasteiger partial charge in [0.2, 0.25) is 15.9 Å². The zero-order chi connectivity index (χ0) is 21.8. The molecule has 29 heavy (non-hydrogen) atoms. The Bertz CT molecular complexity index is 971. The predicted octanol–water partition coefficient (Wildman–Crippen LogP) is 0.0924. The van der Waals surface area contributed by atoms with Crippen LogP contribution in [-0.2, 0) is 24.7 Å². The highest BCUT2D eigenvalue weighted by molar-refractivity contribution is 7.92. The van der Waals surface area contributed by atoms with E-state index in [2.05, 4.69) is 4.72 Å². The molecule has 1 heterocycles. The largest absolute Gasteiger partial charge is 0.342 e. The van der Waals surface area contributed by atoms with Gasteiger partial charge in [-0.15, -0.1) is 0 Å². The van der Waals surface area contributed by atoms with Gasteiger partial charge in [-0.3, -0.25) is 9.59 Å². The zero-order valence-electron chi connectivity index (χ0n) is 16.8. The molecule has 0 aliphatic carbocycles. The maximum atomic E-state index is 12.6. The second-order valence-corrected chi connectivity index (χ2v) is 10.9. The van der Waals surface area contributed by atoms with Crippen LogP contribution in [0.2, 0.25) is 0 Å². The summed E-state index contributed by atoms with van der Waals surface area (Å²) in [7, 11) is -5.73. The number of carbonyl (C=O) groups is 2. The van der Waals surface area contributed by atoms with Crippen LogP contribution in [0, 0.1) is 0 Å². The van der Waals surface area contributed by atoms with Crippen LogP contribution in [0.3, 0.4) is 0 Å². The van der Waals surface area contributed by atoms with E-state index in [1.54, 1.807) is 4.90 Å². The Kier molecular flexibility index (Phi) is 7.41. The molecule has 11 heteroatoms. The van der Waals surface area contributed by atoms with Crippen molar-refractivity contribution < 1.29 is 26.4 Å². The minimum Gasteiger partial charge on any atom is -0.342 e. The zero-order valence-corrected chi connectivity index (χ0v) is 18.4. The molecular formula is C18H27N3O6S2. The van der Waals surface area contributed by atoms with Gasteiger partial charge in [-0.2, -0.15) is 0 Å². The second-order valence-electron chi connectivity index (χ2n) is 6.98. The highest BCUT2D eigenvalue weighted by Crippen LogP contribution is 2.17. The lowest BCUT2D eigenvalue weighted by Gasteiger charge is -2.23. The lowest BCUT2D eigenvalue weighted by Crippen LogP contribution is -2.41. The lowest BCUT2D eigenvalue weighted by atomic mass is 10.2. The van der Waals surface area contributed by atoms with E-state index in [0.717, 1.165) is 0 Å². The first-order valence-corrected chi connectivity index (χ1v) is 12.7. The quantitative estimate of drug-likeness (QED) is 0.605. The average Bonchev–Trinajstić information content (AvgIpc) is 2.99. The van der Waals surface area contributed by atoms with Crippen molar-refractivity contribution in [2.24, 2.45) is 0 Å². The van der Waals surface area contributed by atoms with Gasteiger partial charge in [0.25, 0.3) is 5.91 Å². The Morgan fingerprint density at radius 1 is 1.21 bits per heavy atom. The van der Waals surface area contributed by atoms with Gasteiger partial charge >= 0.3 is 0 Å². The number of benzene rings is 1. The molecular weight excluding hydrogens is 418 g/mol. The number of hydrogen-bond acceptors (Lipinski definition) is 6. The molecule has 1 aliphatic rings. The van der Waals surface area contributed by atoms with Crippen LogP contribution >= 0.6 is 0 Å². The van der Waals surface area contributed by atoms with Crippen molar-refractivity contribution in [3.63, 3.8) is 0 Å². The summed E-state index contributed by atoms with van der Waals surface area (Å²) in [6.07, 6.45) is 0.219. The molecule has 1 unspecified atom stereocenters. The summed E-state index contributed by atoms with van der Waals surface area (Å²) in [5.41, 5.74) is 0.127. The standard InChI is InChI=1S/C18H27N3O6S2/c1-4-21(5-2)17(22)12-20(3)18(23)14-7-6-8-16(11-14)29(26,27)19-15-9-10-28(24,25)13-15/h6-8,11,15,19H,4-5,9-10,12-13H2,1-3H3. The van der Waals surface area contributed by atoms with Crippen LogP contribution in [0.1, 0.15) is 30.6 Å². The lowest BCUT2D eigenvalue weighted by molar-refractivity contribution is -0.131. The molecule has 1 atom stereocenters.